The summed E-state index contributed by atoms with van der Waals surface area (Å²) in [6, 6.07) is 65.8. The van der Waals surface area contributed by atoms with E-state index in [9.17, 15) is 4.39 Å². The minimum Gasteiger partial charge on any atom is -0.207 e. The largest absolute Gasteiger partial charge is 0.207 e. The first-order valence-electron chi connectivity index (χ1n) is 19.2. The molecule has 272 valence electrons. The Kier molecular flexibility index (Phi) is 10.7. The molecule has 0 heterocycles. The van der Waals surface area contributed by atoms with E-state index in [4.69, 9.17) is 0 Å². The fraction of sp³-hybridized carbons (Fsp3) is 0.148. The van der Waals surface area contributed by atoms with E-state index < -0.39 is 0 Å². The van der Waals surface area contributed by atoms with Gasteiger partial charge in [0.2, 0.25) is 0 Å². The molecule has 0 amide bonds. The van der Waals surface area contributed by atoms with Crippen LogP contribution in [0.25, 0.3) is 33.0 Å². The summed E-state index contributed by atoms with van der Waals surface area (Å²) in [4.78, 5) is 0. The van der Waals surface area contributed by atoms with E-state index >= 15 is 0 Å². The molecule has 8 aromatic carbocycles. The van der Waals surface area contributed by atoms with Gasteiger partial charge in [-0.3, -0.25) is 0 Å². The molecule has 0 saturated carbocycles. The quantitative estimate of drug-likeness (QED) is 0.171. The van der Waals surface area contributed by atoms with Crippen molar-refractivity contribution in [2.24, 2.45) is 0 Å². The number of fused-ring (bicyclic) bond motifs is 4. The van der Waals surface area contributed by atoms with Crippen LogP contribution in [0, 0.1) is 26.6 Å². The van der Waals surface area contributed by atoms with Crippen LogP contribution in [0.5, 0.6) is 0 Å². The predicted molar refractivity (Wildman–Crippen MR) is 232 cm³/mol. The molecular formula is C54H49F. The highest BCUT2D eigenvalue weighted by Crippen LogP contribution is 2.56. The first-order valence-corrected chi connectivity index (χ1v) is 19.2. The molecule has 0 atom stereocenters. The van der Waals surface area contributed by atoms with E-state index in [-0.39, 0.29) is 16.6 Å². The topological polar surface area (TPSA) is 0 Å². The third-order valence-corrected chi connectivity index (χ3v) is 10.7. The lowest BCUT2D eigenvalue weighted by Crippen LogP contribution is -2.28. The van der Waals surface area contributed by atoms with E-state index in [1.165, 1.54) is 55.5 Å². The Balaban J connectivity index is 0.000000139. The van der Waals surface area contributed by atoms with Crippen molar-refractivity contribution in [2.45, 2.75) is 52.4 Å². The van der Waals surface area contributed by atoms with Crippen molar-refractivity contribution in [1.29, 1.82) is 0 Å². The van der Waals surface area contributed by atoms with Gasteiger partial charge in [0.15, 0.2) is 0 Å². The smallest absolute Gasteiger partial charge is 0.124 e. The number of aryl methyl sites for hydroxylation is 3. The van der Waals surface area contributed by atoms with Gasteiger partial charge in [-0.25, -0.2) is 4.39 Å². The molecule has 1 aliphatic carbocycles. The van der Waals surface area contributed by atoms with Crippen LogP contribution in [-0.2, 0) is 10.8 Å². The number of halogens is 1. The zero-order valence-corrected chi connectivity index (χ0v) is 32.8. The number of hydrogen-bond acceptors (Lipinski definition) is 0. The summed E-state index contributed by atoms with van der Waals surface area (Å²) in [5.74, 6) is -0.182. The maximum absolute atomic E-state index is 13.5. The number of rotatable bonds is 3. The molecule has 0 unspecified atom stereocenters. The Morgan fingerprint density at radius 1 is 0.418 bits per heavy atom. The van der Waals surface area contributed by atoms with Gasteiger partial charge in [-0.15, -0.1) is 0 Å². The summed E-state index contributed by atoms with van der Waals surface area (Å²) in [7, 11) is 0. The van der Waals surface area contributed by atoms with Crippen molar-refractivity contribution in [3.8, 4) is 22.3 Å². The predicted octanol–water partition coefficient (Wildman–Crippen LogP) is 14.6. The van der Waals surface area contributed by atoms with E-state index in [0.29, 0.717) is 0 Å². The lowest BCUT2D eigenvalue weighted by Gasteiger charge is -2.34. The lowest BCUT2D eigenvalue weighted by molar-refractivity contribution is 0.590. The van der Waals surface area contributed by atoms with Crippen molar-refractivity contribution in [2.75, 3.05) is 0 Å². The minimum absolute atomic E-state index is 0.182. The molecule has 0 saturated heterocycles. The fourth-order valence-electron chi connectivity index (χ4n) is 7.98. The summed E-state index contributed by atoms with van der Waals surface area (Å²) < 4.78 is 13.5. The van der Waals surface area contributed by atoms with E-state index in [2.05, 4.69) is 180 Å². The van der Waals surface area contributed by atoms with Crippen molar-refractivity contribution in [1.82, 2.24) is 0 Å². The Morgan fingerprint density at radius 3 is 1.62 bits per heavy atom. The van der Waals surface area contributed by atoms with Gasteiger partial charge in [0.25, 0.3) is 0 Å². The standard InChI is InChI=1S/C26H20.C17H13F.C11H16/c1-19-16-17-23-22-14-8-9-15-24(22)26(25(23)18-19,20-10-4-2-5-11-20)21-12-6-3-7-13-21;1-12-9-14(11-15(18)10-12)17-8-4-6-13-5-2-3-7-16(13)17;1-9-5-7-10(8-6-9)11(2,3)4/h2-18H,1H3;2-11H,1H3;5-8H,1-4H3. The fourth-order valence-corrected chi connectivity index (χ4v) is 7.98. The first-order chi connectivity index (χ1) is 26.6. The summed E-state index contributed by atoms with van der Waals surface area (Å²) in [5, 5.41) is 2.34. The van der Waals surface area contributed by atoms with Gasteiger partial charge < -0.3 is 0 Å². The van der Waals surface area contributed by atoms with Crippen molar-refractivity contribution >= 4 is 10.8 Å². The zero-order chi connectivity index (χ0) is 38.6. The average molecular weight is 717 g/mol. The molecule has 0 N–H and O–H groups in total. The molecule has 0 radical (unpaired) electrons. The van der Waals surface area contributed by atoms with Crippen LogP contribution in [0.2, 0.25) is 0 Å². The number of benzene rings is 8. The van der Waals surface area contributed by atoms with Gasteiger partial charge in [-0.05, 0) is 105 Å². The highest BCUT2D eigenvalue weighted by atomic mass is 19.1. The maximum Gasteiger partial charge on any atom is 0.124 e. The molecule has 0 aliphatic heterocycles. The Hall–Kier alpha value is -6.05. The molecule has 0 fully saturated rings. The van der Waals surface area contributed by atoms with Gasteiger partial charge in [0.05, 0.1) is 5.41 Å². The van der Waals surface area contributed by atoms with Gasteiger partial charge in [-0.1, -0.05) is 208 Å². The van der Waals surface area contributed by atoms with Crippen molar-refractivity contribution < 1.29 is 4.39 Å². The van der Waals surface area contributed by atoms with Gasteiger partial charge in [0, 0.05) is 0 Å². The second-order valence-corrected chi connectivity index (χ2v) is 15.7. The molecule has 55 heavy (non-hydrogen) atoms. The molecule has 0 bridgehead atoms. The monoisotopic (exact) mass is 716 g/mol. The van der Waals surface area contributed by atoms with Crippen LogP contribution in [0.3, 0.4) is 0 Å². The molecule has 1 aliphatic rings. The molecule has 8 aromatic rings. The normalized spacial score (nSPS) is 12.4. The van der Waals surface area contributed by atoms with Crippen LogP contribution in [0.15, 0.2) is 188 Å². The Morgan fingerprint density at radius 2 is 0.964 bits per heavy atom. The second kappa shape index (κ2) is 15.7. The minimum atomic E-state index is -0.263. The highest BCUT2D eigenvalue weighted by molar-refractivity contribution is 5.96. The van der Waals surface area contributed by atoms with Crippen LogP contribution >= 0.6 is 0 Å². The summed E-state index contributed by atoms with van der Waals surface area (Å²) in [5.41, 5.74) is 15.1. The van der Waals surface area contributed by atoms with Gasteiger partial charge in [0.1, 0.15) is 5.82 Å². The van der Waals surface area contributed by atoms with Crippen molar-refractivity contribution in [3.63, 3.8) is 0 Å². The SMILES string of the molecule is Cc1cc(F)cc(-c2cccc3ccccc23)c1.Cc1ccc(C(C)(C)C)cc1.Cc1ccc2c(c1)C(c1ccccc1)(c1ccccc1)c1ccccc1-2. The first kappa shape index (κ1) is 37.3. The third kappa shape index (κ3) is 7.66. The van der Waals surface area contributed by atoms with E-state index in [0.717, 1.165) is 22.1 Å². The van der Waals surface area contributed by atoms with Gasteiger partial charge >= 0.3 is 0 Å². The van der Waals surface area contributed by atoms with E-state index in [1.807, 2.05) is 37.3 Å². The molecule has 9 rings (SSSR count). The lowest BCUT2D eigenvalue weighted by atomic mass is 9.67. The summed E-state index contributed by atoms with van der Waals surface area (Å²) in [6.45, 7) is 12.9. The zero-order valence-electron chi connectivity index (χ0n) is 32.8. The maximum atomic E-state index is 13.5. The molecule has 0 nitrogen and oxygen atoms in total. The van der Waals surface area contributed by atoms with E-state index in [1.54, 1.807) is 12.1 Å². The van der Waals surface area contributed by atoms with Crippen LogP contribution < -0.4 is 0 Å². The summed E-state index contributed by atoms with van der Waals surface area (Å²) >= 11 is 0. The molecule has 1 heteroatoms. The second-order valence-electron chi connectivity index (χ2n) is 15.7. The average Bonchev–Trinajstić information content (AvgIpc) is 3.48. The highest BCUT2D eigenvalue weighted by Gasteiger charge is 2.45. The van der Waals surface area contributed by atoms with Gasteiger partial charge in [-0.2, -0.15) is 0 Å². The number of hydrogen-bond donors (Lipinski definition) is 0. The van der Waals surface area contributed by atoms with Crippen molar-refractivity contribution in [3.05, 3.63) is 238 Å². The molecular weight excluding hydrogens is 668 g/mol. The Labute approximate surface area is 327 Å². The summed E-state index contributed by atoms with van der Waals surface area (Å²) in [6.07, 6.45) is 0. The molecule has 0 aromatic heterocycles. The van der Waals surface area contributed by atoms with Crippen LogP contribution in [-0.4, -0.2) is 0 Å². The van der Waals surface area contributed by atoms with Crippen LogP contribution in [0.1, 0.15) is 65.3 Å². The van der Waals surface area contributed by atoms with Crippen LogP contribution in [0.4, 0.5) is 4.39 Å². The third-order valence-electron chi connectivity index (χ3n) is 10.7. The Bertz CT molecular complexity index is 2470. The molecule has 0 spiro atoms.